The Labute approximate surface area is 204 Å². The lowest BCUT2D eigenvalue weighted by atomic mass is 10.1. The van der Waals surface area contributed by atoms with Gasteiger partial charge in [0.1, 0.15) is 19.0 Å². The van der Waals surface area contributed by atoms with Crippen LogP contribution in [0.3, 0.4) is 0 Å². The van der Waals surface area contributed by atoms with Crippen molar-refractivity contribution in [1.82, 2.24) is 4.90 Å². The van der Waals surface area contributed by atoms with Gasteiger partial charge in [-0.05, 0) is 49.9 Å². The lowest BCUT2D eigenvalue weighted by Crippen LogP contribution is -2.38. The smallest absolute Gasteiger partial charge is 0.416 e. The van der Waals surface area contributed by atoms with Crippen LogP contribution in [0.5, 0.6) is 5.75 Å². The number of hydrogen-bond acceptors (Lipinski definition) is 4. The SMILES string of the molecule is C/C=C\C.C=CC=C.CCC1COC(=O)N1C(=O)CCc1ccc(OCc2ccccc2)cc1. The van der Waals surface area contributed by atoms with Gasteiger partial charge >= 0.3 is 6.09 Å². The zero-order chi connectivity index (χ0) is 25.2. The number of ether oxygens (including phenoxy) is 2. The number of rotatable bonds is 8. The van der Waals surface area contributed by atoms with E-state index in [-0.39, 0.29) is 18.4 Å². The number of allylic oxidation sites excluding steroid dienone is 4. The third-order valence-corrected chi connectivity index (χ3v) is 5.00. The maximum atomic E-state index is 12.3. The molecule has 0 radical (unpaired) electrons. The summed E-state index contributed by atoms with van der Waals surface area (Å²) in [6, 6.07) is 17.6. The summed E-state index contributed by atoms with van der Waals surface area (Å²) in [6.07, 6.45) is 8.34. The zero-order valence-corrected chi connectivity index (χ0v) is 20.6. The van der Waals surface area contributed by atoms with Crippen LogP contribution >= 0.6 is 0 Å². The Bertz CT molecular complexity index is 893. The molecule has 1 aliphatic heterocycles. The summed E-state index contributed by atoms with van der Waals surface area (Å²) in [4.78, 5) is 25.3. The van der Waals surface area contributed by atoms with Crippen molar-refractivity contribution in [3.8, 4) is 5.75 Å². The predicted octanol–water partition coefficient (Wildman–Crippen LogP) is 6.90. The summed E-state index contributed by atoms with van der Waals surface area (Å²) in [5.74, 6) is 0.613. The molecule has 1 aliphatic rings. The predicted molar refractivity (Wildman–Crippen MR) is 139 cm³/mol. The minimum Gasteiger partial charge on any atom is -0.489 e. The molecule has 5 heteroatoms. The van der Waals surface area contributed by atoms with Gasteiger partial charge in [-0.15, -0.1) is 0 Å². The summed E-state index contributed by atoms with van der Waals surface area (Å²) in [5, 5.41) is 0. The van der Waals surface area contributed by atoms with Gasteiger partial charge in [-0.2, -0.15) is 0 Å². The molecule has 0 aliphatic carbocycles. The molecule has 2 aromatic rings. The van der Waals surface area contributed by atoms with Gasteiger partial charge in [0.05, 0.1) is 6.04 Å². The molecule has 2 aromatic carbocycles. The van der Waals surface area contributed by atoms with Crippen LogP contribution in [-0.2, 0) is 22.6 Å². The number of benzene rings is 2. The first-order valence-electron chi connectivity index (χ1n) is 11.6. The van der Waals surface area contributed by atoms with Crippen LogP contribution < -0.4 is 4.74 Å². The minimum atomic E-state index is -0.522. The van der Waals surface area contributed by atoms with Crippen molar-refractivity contribution < 1.29 is 19.1 Å². The topological polar surface area (TPSA) is 55.8 Å². The fraction of sp³-hybridized carbons (Fsp3) is 0.310. The van der Waals surface area contributed by atoms with Crippen LogP contribution in [0.1, 0.15) is 44.7 Å². The molecule has 0 bridgehead atoms. The molecule has 0 saturated carbocycles. The first kappa shape index (κ1) is 28.4. The van der Waals surface area contributed by atoms with E-state index >= 15 is 0 Å². The molecule has 34 heavy (non-hydrogen) atoms. The Kier molecular flexibility index (Phi) is 14.2. The third-order valence-electron chi connectivity index (χ3n) is 5.00. The molecular formula is C29H37NO4. The van der Waals surface area contributed by atoms with Gasteiger partial charge in [0.15, 0.2) is 0 Å². The Hall–Kier alpha value is -3.60. The highest BCUT2D eigenvalue weighted by Gasteiger charge is 2.36. The Balaban J connectivity index is 0.000000629. The van der Waals surface area contributed by atoms with Gasteiger partial charge in [0, 0.05) is 6.42 Å². The fourth-order valence-corrected chi connectivity index (χ4v) is 2.93. The van der Waals surface area contributed by atoms with Gasteiger partial charge < -0.3 is 9.47 Å². The van der Waals surface area contributed by atoms with E-state index in [2.05, 4.69) is 13.2 Å². The summed E-state index contributed by atoms with van der Waals surface area (Å²) in [5.41, 5.74) is 2.15. The first-order chi connectivity index (χ1) is 16.5. The van der Waals surface area contributed by atoms with E-state index in [4.69, 9.17) is 9.47 Å². The molecule has 0 N–H and O–H groups in total. The van der Waals surface area contributed by atoms with E-state index < -0.39 is 6.09 Å². The quantitative estimate of drug-likeness (QED) is 0.316. The highest BCUT2D eigenvalue weighted by molar-refractivity contribution is 5.93. The molecule has 1 saturated heterocycles. The number of cyclic esters (lactones) is 1. The Morgan fingerprint density at radius 3 is 2.18 bits per heavy atom. The first-order valence-corrected chi connectivity index (χ1v) is 11.6. The maximum Gasteiger partial charge on any atom is 0.416 e. The van der Waals surface area contributed by atoms with Gasteiger partial charge in [-0.25, -0.2) is 9.69 Å². The van der Waals surface area contributed by atoms with E-state index in [0.717, 1.165) is 16.9 Å². The molecule has 0 spiro atoms. The molecule has 1 atom stereocenters. The van der Waals surface area contributed by atoms with Crippen LogP contribution in [-0.4, -0.2) is 29.5 Å². The van der Waals surface area contributed by atoms with Gasteiger partial charge in [-0.1, -0.05) is 86.9 Å². The molecule has 1 unspecified atom stereocenters. The third kappa shape index (κ3) is 10.3. The van der Waals surface area contributed by atoms with Crippen molar-refractivity contribution in [2.24, 2.45) is 0 Å². The van der Waals surface area contributed by atoms with Crippen molar-refractivity contribution in [2.45, 2.75) is 52.7 Å². The second kappa shape index (κ2) is 17.0. The number of imide groups is 1. The lowest BCUT2D eigenvalue weighted by Gasteiger charge is -2.18. The van der Waals surface area contributed by atoms with E-state index in [1.54, 1.807) is 12.2 Å². The van der Waals surface area contributed by atoms with Crippen LogP contribution in [0.15, 0.2) is 92.1 Å². The normalized spacial score (nSPS) is 14.3. The number of amides is 2. The summed E-state index contributed by atoms with van der Waals surface area (Å²) < 4.78 is 10.7. The second-order valence-corrected chi connectivity index (χ2v) is 7.46. The van der Waals surface area contributed by atoms with Crippen molar-refractivity contribution in [2.75, 3.05) is 6.61 Å². The van der Waals surface area contributed by atoms with E-state index in [1.165, 1.54) is 4.90 Å². The van der Waals surface area contributed by atoms with E-state index in [1.807, 2.05) is 87.5 Å². The van der Waals surface area contributed by atoms with Gasteiger partial charge in [0.25, 0.3) is 0 Å². The van der Waals surface area contributed by atoms with E-state index in [9.17, 15) is 9.59 Å². The Morgan fingerprint density at radius 1 is 1.03 bits per heavy atom. The number of carbonyl (C=O) groups excluding carboxylic acids is 2. The van der Waals surface area contributed by atoms with Gasteiger partial charge in [0.2, 0.25) is 5.91 Å². The number of carbonyl (C=O) groups is 2. The second-order valence-electron chi connectivity index (χ2n) is 7.46. The highest BCUT2D eigenvalue weighted by Crippen LogP contribution is 2.19. The average molecular weight is 464 g/mol. The lowest BCUT2D eigenvalue weighted by molar-refractivity contribution is -0.129. The van der Waals surface area contributed by atoms with Gasteiger partial charge in [-0.3, -0.25) is 4.79 Å². The number of hydrogen-bond donors (Lipinski definition) is 0. The minimum absolute atomic E-state index is 0.135. The molecule has 5 nitrogen and oxygen atoms in total. The Morgan fingerprint density at radius 2 is 1.65 bits per heavy atom. The number of aryl methyl sites for hydroxylation is 1. The zero-order valence-electron chi connectivity index (χ0n) is 20.6. The van der Waals surface area contributed by atoms with Crippen LogP contribution in [0, 0.1) is 0 Å². The molecule has 182 valence electrons. The van der Waals surface area contributed by atoms with Crippen molar-refractivity contribution in [3.63, 3.8) is 0 Å². The monoisotopic (exact) mass is 463 g/mol. The van der Waals surface area contributed by atoms with Crippen molar-refractivity contribution in [3.05, 3.63) is 103 Å². The molecule has 1 heterocycles. The molecular weight excluding hydrogens is 426 g/mol. The van der Waals surface area contributed by atoms with Crippen LogP contribution in [0.2, 0.25) is 0 Å². The molecule has 0 aromatic heterocycles. The van der Waals surface area contributed by atoms with Crippen LogP contribution in [0.4, 0.5) is 4.79 Å². The van der Waals surface area contributed by atoms with Crippen molar-refractivity contribution in [1.29, 1.82) is 0 Å². The summed E-state index contributed by atoms with van der Waals surface area (Å²) in [6.45, 7) is 13.5. The summed E-state index contributed by atoms with van der Waals surface area (Å²) >= 11 is 0. The molecule has 3 rings (SSSR count). The summed E-state index contributed by atoms with van der Waals surface area (Å²) in [7, 11) is 0. The highest BCUT2D eigenvalue weighted by atomic mass is 16.6. The maximum absolute atomic E-state index is 12.3. The fourth-order valence-electron chi connectivity index (χ4n) is 2.93. The molecule has 2 amide bonds. The van der Waals surface area contributed by atoms with E-state index in [0.29, 0.717) is 26.1 Å². The molecule has 1 fully saturated rings. The van der Waals surface area contributed by atoms with Crippen molar-refractivity contribution >= 4 is 12.0 Å². The standard InChI is InChI=1S/C21H23NO4.C4H8.C4H6/c1-2-18-15-26-21(24)22(18)20(23)13-10-16-8-11-19(12-9-16)25-14-17-6-4-3-5-7-17;2*1-3-4-2/h3-9,11-12,18H,2,10,13-15H2,1H3;3-4H,1-2H3;3-4H,1-2H2/b;4-3-;. The average Bonchev–Trinajstić information content (AvgIpc) is 3.28. The number of nitrogens with zero attached hydrogens (tertiary/aromatic N) is 1. The largest absolute Gasteiger partial charge is 0.489 e. The van der Waals surface area contributed by atoms with Crippen LogP contribution in [0.25, 0.3) is 0 Å².